The van der Waals surface area contributed by atoms with Crippen LogP contribution in [0.25, 0.3) is 11.1 Å². The summed E-state index contributed by atoms with van der Waals surface area (Å²) in [6.45, 7) is 2.89. The molecule has 6 nitrogen and oxygen atoms in total. The second-order valence-electron chi connectivity index (χ2n) is 8.88. The fourth-order valence-electron chi connectivity index (χ4n) is 4.89. The minimum Gasteiger partial charge on any atom is -0.459 e. The van der Waals surface area contributed by atoms with Crippen molar-refractivity contribution in [2.75, 3.05) is 39.5 Å². The van der Waals surface area contributed by atoms with Gasteiger partial charge in [0, 0.05) is 32.0 Å². The third-order valence-electron chi connectivity index (χ3n) is 6.67. The topological polar surface area (TPSA) is 68.2 Å². The molecule has 3 aliphatic rings. The Kier molecular flexibility index (Phi) is 6.76. The van der Waals surface area contributed by atoms with E-state index >= 15 is 0 Å². The molecule has 174 valence electrons. The number of unbranched alkanes of at least 4 members (excludes halogenated alkanes) is 1. The second kappa shape index (κ2) is 10.1. The van der Waals surface area contributed by atoms with Crippen LogP contribution >= 0.6 is 0 Å². The predicted octanol–water partition coefficient (Wildman–Crippen LogP) is 3.62. The van der Waals surface area contributed by atoms with Crippen molar-refractivity contribution in [3.63, 3.8) is 0 Å². The number of morpholine rings is 1. The van der Waals surface area contributed by atoms with Crippen molar-refractivity contribution in [2.24, 2.45) is 0 Å². The van der Waals surface area contributed by atoms with E-state index in [4.69, 9.17) is 19.3 Å². The number of hydrogen-bond donors (Lipinski definition) is 1. The van der Waals surface area contributed by atoms with Gasteiger partial charge in [0.25, 0.3) is 5.91 Å². The predicted molar refractivity (Wildman–Crippen MR) is 125 cm³/mol. The number of aliphatic hydroxyl groups excluding tert-OH is 1. The van der Waals surface area contributed by atoms with Crippen LogP contribution in [0, 0.1) is 0 Å². The fraction of sp³-hybridized carbons (Fsp3) is 0.444. The number of fused-ring (bicyclic) bond motifs is 3. The van der Waals surface area contributed by atoms with Crippen LogP contribution in [0.2, 0.25) is 0 Å². The number of benzene rings is 2. The van der Waals surface area contributed by atoms with E-state index < -0.39 is 6.29 Å². The second-order valence-corrected chi connectivity index (χ2v) is 8.88. The fourth-order valence-corrected chi connectivity index (χ4v) is 4.89. The lowest BCUT2D eigenvalue weighted by Gasteiger charge is -2.33. The molecule has 0 aromatic heterocycles. The highest BCUT2D eigenvalue weighted by Gasteiger charge is 2.32. The molecule has 6 heteroatoms. The molecule has 33 heavy (non-hydrogen) atoms. The third-order valence-corrected chi connectivity index (χ3v) is 6.67. The standard InChI is InChI=1S/C27H31NO5/c29-11-3-4-12-32-26-18-21(17-25(33-26)27(30)28-9-13-31-14-10-28)19-7-8-24-22(15-19)16-20-5-1-2-6-23(20)24/h1-2,5-8,15,17,21,26,29H,3-4,9-14,16,18H2/t21-,26+/m1/s1. The first-order valence-corrected chi connectivity index (χ1v) is 11.9. The average Bonchev–Trinajstić information content (AvgIpc) is 3.24. The van der Waals surface area contributed by atoms with Crippen molar-refractivity contribution < 1.29 is 24.1 Å². The number of nitrogens with zero attached hydrogens (tertiary/aromatic N) is 1. The molecule has 2 aliphatic heterocycles. The van der Waals surface area contributed by atoms with Crippen LogP contribution in [0.4, 0.5) is 0 Å². The zero-order valence-corrected chi connectivity index (χ0v) is 18.9. The maximum Gasteiger partial charge on any atom is 0.288 e. The minimum absolute atomic E-state index is 0.0376. The molecule has 2 heterocycles. The number of carbonyl (C=O) groups is 1. The van der Waals surface area contributed by atoms with Crippen molar-refractivity contribution in [1.29, 1.82) is 0 Å². The maximum absolute atomic E-state index is 13.2. The van der Waals surface area contributed by atoms with Crippen molar-refractivity contribution in [3.05, 3.63) is 71.0 Å². The monoisotopic (exact) mass is 449 g/mol. The van der Waals surface area contributed by atoms with E-state index in [9.17, 15) is 4.79 Å². The van der Waals surface area contributed by atoms with E-state index in [0.717, 1.165) is 12.8 Å². The summed E-state index contributed by atoms with van der Waals surface area (Å²) in [5, 5.41) is 9.04. The Morgan fingerprint density at radius 1 is 1.06 bits per heavy atom. The van der Waals surface area contributed by atoms with Gasteiger partial charge in [0.1, 0.15) is 0 Å². The molecule has 1 aliphatic carbocycles. The summed E-state index contributed by atoms with van der Waals surface area (Å²) in [4.78, 5) is 15.0. The van der Waals surface area contributed by atoms with Gasteiger partial charge < -0.3 is 24.2 Å². The van der Waals surface area contributed by atoms with Crippen LogP contribution in [0.15, 0.2) is 54.3 Å². The summed E-state index contributed by atoms with van der Waals surface area (Å²) >= 11 is 0. The van der Waals surface area contributed by atoms with Crippen molar-refractivity contribution >= 4 is 5.91 Å². The molecule has 0 radical (unpaired) electrons. The van der Waals surface area contributed by atoms with Crippen LogP contribution in [-0.4, -0.2) is 61.7 Å². The highest BCUT2D eigenvalue weighted by atomic mass is 16.7. The summed E-state index contributed by atoms with van der Waals surface area (Å²) in [6, 6.07) is 15.2. The number of hydrogen-bond acceptors (Lipinski definition) is 5. The summed E-state index contributed by atoms with van der Waals surface area (Å²) in [5.74, 6) is 0.306. The normalized spacial score (nSPS) is 21.7. The van der Waals surface area contributed by atoms with E-state index in [2.05, 4.69) is 42.5 Å². The van der Waals surface area contributed by atoms with Crippen LogP contribution in [0.1, 0.15) is 41.9 Å². The van der Waals surface area contributed by atoms with Gasteiger partial charge in [0.05, 0.1) is 19.8 Å². The number of allylic oxidation sites excluding steroid dienone is 1. The molecular weight excluding hydrogens is 418 g/mol. The Labute approximate surface area is 194 Å². The summed E-state index contributed by atoms with van der Waals surface area (Å²) in [5.41, 5.74) is 6.48. The van der Waals surface area contributed by atoms with E-state index in [1.165, 1.54) is 27.8 Å². The maximum atomic E-state index is 13.2. The van der Waals surface area contributed by atoms with Gasteiger partial charge in [0.15, 0.2) is 5.76 Å². The van der Waals surface area contributed by atoms with Crippen LogP contribution in [-0.2, 0) is 25.4 Å². The van der Waals surface area contributed by atoms with Gasteiger partial charge in [-0.05, 0) is 53.2 Å². The van der Waals surface area contributed by atoms with E-state index in [1.54, 1.807) is 4.90 Å². The number of rotatable bonds is 7. The molecule has 2 aromatic rings. The number of carbonyl (C=O) groups excluding carboxylic acids is 1. The SMILES string of the molecule is O=C(C1=C[C@@H](c2ccc3c(c2)Cc2ccccc2-3)C[C@@H](OCCCCO)O1)N1CCOCC1. The molecule has 1 amide bonds. The molecule has 2 aromatic carbocycles. The van der Waals surface area contributed by atoms with Crippen LogP contribution < -0.4 is 0 Å². The van der Waals surface area contributed by atoms with Gasteiger partial charge in [-0.2, -0.15) is 0 Å². The van der Waals surface area contributed by atoms with Gasteiger partial charge >= 0.3 is 0 Å². The van der Waals surface area contributed by atoms with E-state index in [0.29, 0.717) is 51.5 Å². The molecular formula is C27H31NO5. The van der Waals surface area contributed by atoms with E-state index in [-0.39, 0.29) is 18.4 Å². The molecule has 2 atom stereocenters. The highest BCUT2D eigenvalue weighted by molar-refractivity contribution is 5.92. The largest absolute Gasteiger partial charge is 0.459 e. The van der Waals surface area contributed by atoms with Crippen molar-refractivity contribution in [2.45, 2.75) is 37.9 Å². The summed E-state index contributed by atoms with van der Waals surface area (Å²) < 4.78 is 17.4. The molecule has 1 saturated heterocycles. The minimum atomic E-state index is -0.482. The molecule has 0 bridgehead atoms. The number of ether oxygens (including phenoxy) is 3. The molecule has 0 spiro atoms. The molecule has 5 rings (SSSR count). The average molecular weight is 450 g/mol. The Morgan fingerprint density at radius 3 is 2.73 bits per heavy atom. The summed E-state index contributed by atoms with van der Waals surface area (Å²) in [6.07, 6.45) is 4.53. The lowest BCUT2D eigenvalue weighted by atomic mass is 9.90. The lowest BCUT2D eigenvalue weighted by Crippen LogP contribution is -2.43. The lowest BCUT2D eigenvalue weighted by molar-refractivity contribution is -0.155. The van der Waals surface area contributed by atoms with Crippen LogP contribution in [0.3, 0.4) is 0 Å². The van der Waals surface area contributed by atoms with Crippen molar-refractivity contribution in [3.8, 4) is 11.1 Å². The molecule has 0 saturated carbocycles. The summed E-state index contributed by atoms with van der Waals surface area (Å²) in [7, 11) is 0. The number of aliphatic hydroxyl groups is 1. The van der Waals surface area contributed by atoms with Crippen molar-refractivity contribution in [1.82, 2.24) is 4.90 Å². The quantitative estimate of drug-likeness (QED) is 0.558. The number of amides is 1. The first kappa shape index (κ1) is 22.1. The zero-order valence-electron chi connectivity index (χ0n) is 18.9. The Hall–Kier alpha value is -2.67. The molecule has 1 fully saturated rings. The van der Waals surface area contributed by atoms with E-state index in [1.807, 2.05) is 6.08 Å². The van der Waals surface area contributed by atoms with Gasteiger partial charge in [-0.1, -0.05) is 42.5 Å². The van der Waals surface area contributed by atoms with Gasteiger partial charge in [-0.3, -0.25) is 4.79 Å². The molecule has 1 N–H and O–H groups in total. The first-order chi connectivity index (χ1) is 16.2. The van der Waals surface area contributed by atoms with Gasteiger partial charge in [0.2, 0.25) is 6.29 Å². The van der Waals surface area contributed by atoms with Gasteiger partial charge in [-0.25, -0.2) is 0 Å². The van der Waals surface area contributed by atoms with Crippen LogP contribution in [0.5, 0.6) is 0 Å². The molecule has 0 unspecified atom stereocenters. The Balaban J connectivity index is 1.38. The first-order valence-electron chi connectivity index (χ1n) is 11.9. The third kappa shape index (κ3) is 4.83. The highest BCUT2D eigenvalue weighted by Crippen LogP contribution is 2.40. The smallest absolute Gasteiger partial charge is 0.288 e. The Morgan fingerprint density at radius 2 is 1.88 bits per heavy atom. The van der Waals surface area contributed by atoms with Gasteiger partial charge in [-0.15, -0.1) is 0 Å². The zero-order chi connectivity index (χ0) is 22.6. The Bertz CT molecular complexity index is 1030.